The van der Waals surface area contributed by atoms with E-state index >= 15 is 0 Å². The number of hydrogen-bond donors (Lipinski definition) is 1. The van der Waals surface area contributed by atoms with Crippen LogP contribution in [0.5, 0.6) is 0 Å². The van der Waals surface area contributed by atoms with Crippen molar-refractivity contribution >= 4 is 28.3 Å². The fourth-order valence-electron chi connectivity index (χ4n) is 4.09. The summed E-state index contributed by atoms with van der Waals surface area (Å²) in [6, 6.07) is 16.3. The van der Waals surface area contributed by atoms with Crippen molar-refractivity contribution in [2.24, 2.45) is 0 Å². The first-order valence-corrected chi connectivity index (χ1v) is 11.2. The van der Waals surface area contributed by atoms with E-state index in [0.29, 0.717) is 11.1 Å². The van der Waals surface area contributed by atoms with E-state index in [-0.39, 0.29) is 5.02 Å². The van der Waals surface area contributed by atoms with Crippen molar-refractivity contribution in [2.75, 3.05) is 38.6 Å². The lowest BCUT2D eigenvalue weighted by atomic mass is 9.93. The number of fused-ring (bicyclic) bond motifs is 2. The van der Waals surface area contributed by atoms with Gasteiger partial charge in [-0.3, -0.25) is 0 Å². The Balaban J connectivity index is 1.88. The summed E-state index contributed by atoms with van der Waals surface area (Å²) in [5.74, 6) is 0.171. The maximum atomic E-state index is 13.8. The molecule has 0 atom stereocenters. The van der Waals surface area contributed by atoms with Crippen LogP contribution in [0.25, 0.3) is 33.4 Å². The molecule has 0 spiro atoms. The summed E-state index contributed by atoms with van der Waals surface area (Å²) in [6.07, 6.45) is 1.06. The van der Waals surface area contributed by atoms with E-state index in [1.807, 2.05) is 6.07 Å². The maximum Gasteiger partial charge on any atom is 0.141 e. The first-order valence-electron chi connectivity index (χ1n) is 10.8. The second-order valence-electron chi connectivity index (χ2n) is 8.23. The highest BCUT2D eigenvalue weighted by Gasteiger charge is 2.19. The number of hydrogen-bond acceptors (Lipinski definition) is 4. The third-order valence-corrected chi connectivity index (χ3v) is 5.98. The van der Waals surface area contributed by atoms with Gasteiger partial charge >= 0.3 is 0 Å². The quantitative estimate of drug-likeness (QED) is 0.337. The third-order valence-electron chi connectivity index (χ3n) is 5.69. The van der Waals surface area contributed by atoms with Gasteiger partial charge in [-0.25, -0.2) is 4.39 Å². The van der Waals surface area contributed by atoms with Crippen LogP contribution in [0.3, 0.4) is 0 Å². The molecule has 0 unspecified atom stereocenters. The van der Waals surface area contributed by atoms with Crippen molar-refractivity contribution in [1.82, 2.24) is 4.90 Å². The van der Waals surface area contributed by atoms with Gasteiger partial charge < -0.3 is 19.6 Å². The van der Waals surface area contributed by atoms with Gasteiger partial charge in [0, 0.05) is 47.4 Å². The number of halogens is 2. The first kappa shape index (κ1) is 22.3. The zero-order valence-electron chi connectivity index (χ0n) is 18.6. The van der Waals surface area contributed by atoms with Gasteiger partial charge in [-0.05, 0) is 75.9 Å². The van der Waals surface area contributed by atoms with Crippen molar-refractivity contribution in [3.8, 4) is 22.5 Å². The number of anilines is 1. The maximum absolute atomic E-state index is 13.8. The molecule has 0 radical (unpaired) electrons. The number of rotatable bonds is 7. The van der Waals surface area contributed by atoms with E-state index in [1.54, 1.807) is 24.3 Å². The molecule has 4 rings (SSSR count). The van der Waals surface area contributed by atoms with E-state index in [1.165, 1.54) is 6.07 Å². The number of nitrogens with zero attached hydrogens (tertiary/aromatic N) is 2. The Labute approximate surface area is 192 Å². The second-order valence-corrected chi connectivity index (χ2v) is 8.64. The summed E-state index contributed by atoms with van der Waals surface area (Å²) >= 11 is 6.11. The molecule has 6 heteroatoms. The normalized spacial score (nSPS) is 11.6. The topological polar surface area (TPSA) is 43.5 Å². The van der Waals surface area contributed by atoms with E-state index < -0.39 is 5.82 Å². The molecule has 1 aliphatic carbocycles. The van der Waals surface area contributed by atoms with Crippen LogP contribution >= 0.6 is 11.6 Å². The molecule has 1 heterocycles. The SMILES string of the molecule is CCN(CCCN(C)C)c1ccc2c(-c3ccc(F)c(Cl)c3)c3ccc(=N)cc-3oc2c1. The van der Waals surface area contributed by atoms with E-state index in [4.69, 9.17) is 21.4 Å². The van der Waals surface area contributed by atoms with Crippen LogP contribution in [-0.2, 0) is 0 Å². The molecule has 2 aliphatic rings. The highest BCUT2D eigenvalue weighted by Crippen LogP contribution is 2.41. The Kier molecular flexibility index (Phi) is 6.49. The van der Waals surface area contributed by atoms with Crippen LogP contribution in [0, 0.1) is 11.2 Å². The molecule has 4 nitrogen and oxygen atoms in total. The lowest BCUT2D eigenvalue weighted by Crippen LogP contribution is -2.26. The lowest BCUT2D eigenvalue weighted by Gasteiger charge is -2.25. The highest BCUT2D eigenvalue weighted by atomic mass is 35.5. The summed E-state index contributed by atoms with van der Waals surface area (Å²) in [5.41, 5.74) is 4.41. The number of nitrogens with one attached hydrogen (secondary N) is 1. The van der Waals surface area contributed by atoms with Crippen LogP contribution in [-0.4, -0.2) is 38.6 Å². The zero-order chi connectivity index (χ0) is 22.8. The molecule has 32 heavy (non-hydrogen) atoms. The van der Waals surface area contributed by atoms with Crippen molar-refractivity contribution in [1.29, 1.82) is 5.41 Å². The van der Waals surface area contributed by atoms with Crippen molar-refractivity contribution < 1.29 is 8.81 Å². The Morgan fingerprint density at radius 3 is 2.53 bits per heavy atom. The molecule has 0 saturated heterocycles. The summed E-state index contributed by atoms with van der Waals surface area (Å²) in [4.78, 5) is 4.52. The highest BCUT2D eigenvalue weighted by molar-refractivity contribution is 6.31. The van der Waals surface area contributed by atoms with Gasteiger partial charge in [-0.1, -0.05) is 17.7 Å². The minimum absolute atomic E-state index is 0.0800. The predicted octanol–water partition coefficient (Wildman–Crippen LogP) is 6.25. The van der Waals surface area contributed by atoms with Crippen molar-refractivity contribution in [3.05, 3.63) is 70.8 Å². The van der Waals surface area contributed by atoms with Gasteiger partial charge in [0.1, 0.15) is 17.2 Å². The average Bonchev–Trinajstić information content (AvgIpc) is 2.76. The van der Waals surface area contributed by atoms with E-state index in [0.717, 1.165) is 59.4 Å². The van der Waals surface area contributed by atoms with E-state index in [9.17, 15) is 4.39 Å². The predicted molar refractivity (Wildman–Crippen MR) is 130 cm³/mol. The standard InChI is InChI=1S/C26H27ClFN3O/c1-4-31(13-5-12-30(2)3)19-8-10-21-25(16-19)32-24-15-18(29)7-9-20(24)26(21)17-6-11-23(28)22(27)14-17/h6-11,14-16,29H,4-5,12-13H2,1-3H3. The lowest BCUT2D eigenvalue weighted by molar-refractivity contribution is 0.400. The minimum Gasteiger partial charge on any atom is -0.456 e. The third kappa shape index (κ3) is 4.50. The smallest absolute Gasteiger partial charge is 0.141 e. The van der Waals surface area contributed by atoms with Gasteiger partial charge in [-0.15, -0.1) is 0 Å². The Bertz CT molecular complexity index is 1280. The molecule has 2 aromatic carbocycles. The summed E-state index contributed by atoms with van der Waals surface area (Å²) in [5, 5.41) is 9.41. The van der Waals surface area contributed by atoms with Gasteiger partial charge in [0.25, 0.3) is 0 Å². The van der Waals surface area contributed by atoms with Gasteiger partial charge in [0.15, 0.2) is 0 Å². The van der Waals surface area contributed by atoms with Crippen LogP contribution in [0.1, 0.15) is 13.3 Å². The number of benzene rings is 3. The van der Waals surface area contributed by atoms with Gasteiger partial charge in [-0.2, -0.15) is 0 Å². The van der Waals surface area contributed by atoms with E-state index in [2.05, 4.69) is 49.0 Å². The molecule has 1 aliphatic heterocycles. The molecule has 1 N–H and O–H groups in total. The summed E-state index contributed by atoms with van der Waals surface area (Å²) < 4.78 is 20.1. The molecule has 166 valence electrons. The molecular formula is C26H27ClFN3O. The molecule has 0 saturated carbocycles. The molecular weight excluding hydrogens is 425 g/mol. The van der Waals surface area contributed by atoms with Crippen LogP contribution in [0.15, 0.2) is 59.0 Å². The second kappa shape index (κ2) is 9.31. The van der Waals surface area contributed by atoms with Crippen molar-refractivity contribution in [3.63, 3.8) is 0 Å². The summed E-state index contributed by atoms with van der Waals surface area (Å²) in [7, 11) is 4.17. The van der Waals surface area contributed by atoms with Crippen molar-refractivity contribution in [2.45, 2.75) is 13.3 Å². The fourth-order valence-corrected chi connectivity index (χ4v) is 4.27. The molecule has 0 bridgehead atoms. The largest absolute Gasteiger partial charge is 0.456 e. The molecule has 0 amide bonds. The zero-order valence-corrected chi connectivity index (χ0v) is 19.3. The van der Waals surface area contributed by atoms with Gasteiger partial charge in [0.2, 0.25) is 0 Å². The molecule has 2 aromatic rings. The molecule has 0 fully saturated rings. The molecule has 0 aromatic heterocycles. The van der Waals surface area contributed by atoms with Crippen LogP contribution < -0.4 is 10.3 Å². The average molecular weight is 452 g/mol. The monoisotopic (exact) mass is 451 g/mol. The van der Waals surface area contributed by atoms with Crippen LogP contribution in [0.4, 0.5) is 10.1 Å². The van der Waals surface area contributed by atoms with Crippen LogP contribution in [0.2, 0.25) is 5.02 Å². The Hall–Kier alpha value is -2.89. The minimum atomic E-state index is -0.448. The summed E-state index contributed by atoms with van der Waals surface area (Å²) in [6.45, 7) is 5.02. The Morgan fingerprint density at radius 2 is 1.81 bits per heavy atom. The fraction of sp³-hybridized carbons (Fsp3) is 0.269. The van der Waals surface area contributed by atoms with Gasteiger partial charge in [0.05, 0.1) is 10.4 Å². The Morgan fingerprint density at radius 1 is 1.00 bits per heavy atom. The first-order chi connectivity index (χ1) is 15.4.